The molecule has 3 nitrogen and oxygen atoms in total. The number of para-hydroxylation sites is 2. The van der Waals surface area contributed by atoms with Gasteiger partial charge in [-0.25, -0.2) is 0 Å². The smallest absolute Gasteiger partial charge is 0.416 e. The number of aldehydes is 1. The fraction of sp³-hybridized carbons (Fsp3) is 0.106. The first-order valence-corrected chi connectivity index (χ1v) is 16.9. The molecule has 0 aliphatic heterocycles. The number of benzene rings is 5. The summed E-state index contributed by atoms with van der Waals surface area (Å²) >= 11 is 0. The molecular formula is C47H31F6NO2. The quantitative estimate of drug-likeness (QED) is 0.0952. The highest BCUT2D eigenvalue weighted by Crippen LogP contribution is 2.36. The zero-order valence-electron chi connectivity index (χ0n) is 30.2. The number of alkyl halides is 6. The van der Waals surface area contributed by atoms with Crippen LogP contribution in [0.1, 0.15) is 67.5 Å². The summed E-state index contributed by atoms with van der Waals surface area (Å²) in [4.78, 5) is 15.3. The number of halogens is 6. The Morgan fingerprint density at radius 1 is 0.589 bits per heavy atom. The number of carbonyl (C=O) groups excluding carboxylic acids is 1. The third kappa shape index (κ3) is 11.2. The Balaban J connectivity index is 0.000000169. The molecule has 56 heavy (non-hydrogen) atoms. The number of aryl methyl sites for hydroxylation is 2. The predicted octanol–water partition coefficient (Wildman–Crippen LogP) is 12.0. The highest BCUT2D eigenvalue weighted by atomic mass is 19.4. The minimum Gasteiger partial charge on any atom is -0.448 e. The van der Waals surface area contributed by atoms with Gasteiger partial charge in [0.15, 0.2) is 12.0 Å². The molecule has 0 bridgehead atoms. The lowest BCUT2D eigenvalue weighted by molar-refractivity contribution is -0.143. The summed E-state index contributed by atoms with van der Waals surface area (Å²) in [6.07, 6.45) is -7.54. The molecule has 0 N–H and O–H groups in total. The molecule has 0 aliphatic rings. The molecule has 2 heterocycles. The molecule has 0 saturated heterocycles. The fourth-order valence-corrected chi connectivity index (χ4v) is 5.38. The first-order valence-electron chi connectivity index (χ1n) is 16.9. The number of pyridine rings is 1. The van der Waals surface area contributed by atoms with E-state index >= 15 is 0 Å². The lowest BCUT2D eigenvalue weighted by Crippen LogP contribution is -2.11. The number of fused-ring (bicyclic) bond motifs is 2. The van der Waals surface area contributed by atoms with Crippen LogP contribution in [-0.4, -0.2) is 11.3 Å². The van der Waals surface area contributed by atoms with Gasteiger partial charge in [0.2, 0.25) is 0 Å². The van der Waals surface area contributed by atoms with Gasteiger partial charge in [-0.3, -0.25) is 9.78 Å². The predicted molar refractivity (Wildman–Crippen MR) is 207 cm³/mol. The molecule has 7 rings (SSSR count). The molecule has 0 radical (unpaired) electrons. The molecule has 2 aromatic heterocycles. The first-order chi connectivity index (χ1) is 26.7. The Labute approximate surface area is 320 Å². The van der Waals surface area contributed by atoms with Crippen LogP contribution < -0.4 is 0 Å². The summed E-state index contributed by atoms with van der Waals surface area (Å²) < 4.78 is 82.0. The minimum atomic E-state index is -4.93. The zero-order chi connectivity index (χ0) is 40.3. The van der Waals surface area contributed by atoms with Gasteiger partial charge in [-0.1, -0.05) is 90.3 Å². The number of aromatic nitrogens is 1. The van der Waals surface area contributed by atoms with Crippen molar-refractivity contribution in [3.8, 4) is 35.5 Å². The molecule has 0 aliphatic carbocycles. The van der Waals surface area contributed by atoms with E-state index in [0.717, 1.165) is 38.8 Å². The van der Waals surface area contributed by atoms with Crippen LogP contribution in [0, 0.1) is 49.4 Å². The van der Waals surface area contributed by atoms with Gasteiger partial charge >= 0.3 is 12.4 Å². The summed E-state index contributed by atoms with van der Waals surface area (Å²) in [5.74, 6) is 17.5. The average molecular weight is 756 g/mol. The maximum atomic E-state index is 12.8. The topological polar surface area (TPSA) is 43.1 Å². The van der Waals surface area contributed by atoms with Crippen LogP contribution in [0.25, 0.3) is 21.9 Å². The van der Waals surface area contributed by atoms with Crippen LogP contribution in [0.4, 0.5) is 26.3 Å². The van der Waals surface area contributed by atoms with Gasteiger partial charge in [0.05, 0.1) is 16.6 Å². The van der Waals surface area contributed by atoms with E-state index in [1.165, 1.54) is 23.3 Å². The minimum absolute atomic E-state index is 0.0323. The van der Waals surface area contributed by atoms with E-state index in [1.54, 1.807) is 19.1 Å². The second-order valence-corrected chi connectivity index (χ2v) is 12.3. The summed E-state index contributed by atoms with van der Waals surface area (Å²) in [5.41, 5.74) is 3.45. The second-order valence-electron chi connectivity index (χ2n) is 12.3. The van der Waals surface area contributed by atoms with Gasteiger partial charge in [0.1, 0.15) is 5.58 Å². The van der Waals surface area contributed by atoms with Gasteiger partial charge in [-0.2, -0.15) is 26.3 Å². The molecule has 5 aromatic carbocycles. The third-order valence-corrected chi connectivity index (χ3v) is 7.85. The Morgan fingerprint density at radius 3 is 1.80 bits per heavy atom. The normalized spacial score (nSPS) is 10.6. The molecule has 0 saturated carbocycles. The lowest BCUT2D eigenvalue weighted by Gasteiger charge is -2.12. The van der Waals surface area contributed by atoms with Crippen molar-refractivity contribution in [2.75, 3.05) is 0 Å². The van der Waals surface area contributed by atoms with Gasteiger partial charge in [0, 0.05) is 50.9 Å². The van der Waals surface area contributed by atoms with E-state index in [0.29, 0.717) is 18.4 Å². The van der Waals surface area contributed by atoms with E-state index in [-0.39, 0.29) is 17.2 Å². The van der Waals surface area contributed by atoms with Crippen molar-refractivity contribution >= 4 is 28.2 Å². The van der Waals surface area contributed by atoms with Crippen molar-refractivity contribution in [3.05, 3.63) is 183 Å². The molecular weight excluding hydrogens is 725 g/mol. The number of hydrogen-bond acceptors (Lipinski definition) is 3. The van der Waals surface area contributed by atoms with Crippen LogP contribution in [0.2, 0.25) is 0 Å². The SMILES string of the molecule is CC#Cc1cc2ccccc2o1.Cc1cc(C)cc(C#Cc2cnc3ccccc3c2)c1.O=Cc1ccccc1C#Cc1cc(C(F)(F)F)cc(C(F)(F)F)c1. The molecule has 0 spiro atoms. The molecule has 0 fully saturated rings. The van der Waals surface area contributed by atoms with Crippen LogP contribution in [0.15, 0.2) is 132 Å². The third-order valence-electron chi connectivity index (χ3n) is 7.85. The van der Waals surface area contributed by atoms with E-state index in [1.807, 2.05) is 54.7 Å². The summed E-state index contributed by atoms with van der Waals surface area (Å²) in [6.45, 7) is 5.98. The Morgan fingerprint density at radius 2 is 1.16 bits per heavy atom. The van der Waals surface area contributed by atoms with Crippen LogP contribution in [0.5, 0.6) is 0 Å². The number of rotatable bonds is 1. The Bertz CT molecular complexity index is 2620. The monoisotopic (exact) mass is 755 g/mol. The van der Waals surface area contributed by atoms with Gasteiger partial charge in [-0.05, 0) is 92.4 Å². The largest absolute Gasteiger partial charge is 0.448 e. The van der Waals surface area contributed by atoms with E-state index in [2.05, 4.69) is 84.7 Å². The molecule has 278 valence electrons. The molecule has 0 amide bonds. The Hall–Kier alpha value is -7.02. The van der Waals surface area contributed by atoms with Gasteiger partial charge in [0.25, 0.3) is 0 Å². The summed E-state index contributed by atoms with van der Waals surface area (Å²) in [7, 11) is 0. The van der Waals surface area contributed by atoms with Crippen molar-refractivity contribution in [2.45, 2.75) is 33.1 Å². The van der Waals surface area contributed by atoms with Crippen LogP contribution >= 0.6 is 0 Å². The Kier molecular flexibility index (Phi) is 12.8. The average Bonchev–Trinajstić information content (AvgIpc) is 3.58. The number of furan rings is 1. The molecule has 9 heteroatoms. The van der Waals surface area contributed by atoms with Gasteiger partial charge in [-0.15, -0.1) is 0 Å². The van der Waals surface area contributed by atoms with Gasteiger partial charge < -0.3 is 4.42 Å². The standard InChI is InChI=1S/C19H15N.C17H8F6O.C11H8O/c1-14-9-15(2)11-16(10-14)7-8-17-12-18-5-3-4-6-19(18)20-13-17;18-16(19,20)14-7-11(8-15(9-14)17(21,22)23)5-6-12-3-1-2-4-13(12)10-24;1-2-5-10-8-9-6-3-4-7-11(9)12-10/h3-6,9-13H,1-2H3;1-4,7-10H;3-4,6-8H,1H3. The van der Waals surface area contributed by atoms with Crippen molar-refractivity contribution in [2.24, 2.45) is 0 Å². The fourth-order valence-electron chi connectivity index (χ4n) is 5.38. The van der Waals surface area contributed by atoms with E-state index in [9.17, 15) is 31.1 Å². The molecule has 0 atom stereocenters. The van der Waals surface area contributed by atoms with Crippen LogP contribution in [-0.2, 0) is 12.4 Å². The second kappa shape index (κ2) is 17.9. The highest BCUT2D eigenvalue weighted by molar-refractivity contribution is 5.80. The van der Waals surface area contributed by atoms with Crippen molar-refractivity contribution in [1.29, 1.82) is 0 Å². The van der Waals surface area contributed by atoms with Crippen molar-refractivity contribution < 1.29 is 35.6 Å². The first kappa shape index (κ1) is 40.2. The van der Waals surface area contributed by atoms with Crippen molar-refractivity contribution in [3.63, 3.8) is 0 Å². The summed E-state index contributed by atoms with van der Waals surface area (Å²) in [6, 6.07) is 33.5. The maximum absolute atomic E-state index is 12.8. The zero-order valence-corrected chi connectivity index (χ0v) is 30.2. The number of hydrogen-bond donors (Lipinski definition) is 0. The van der Waals surface area contributed by atoms with E-state index < -0.39 is 29.0 Å². The lowest BCUT2D eigenvalue weighted by atomic mass is 10.0. The summed E-state index contributed by atoms with van der Waals surface area (Å²) in [5, 5.41) is 2.23. The van der Waals surface area contributed by atoms with Crippen LogP contribution in [0.3, 0.4) is 0 Å². The van der Waals surface area contributed by atoms with Crippen molar-refractivity contribution in [1.82, 2.24) is 4.98 Å². The van der Waals surface area contributed by atoms with E-state index in [4.69, 9.17) is 4.42 Å². The highest BCUT2D eigenvalue weighted by Gasteiger charge is 2.36. The number of nitrogens with zero attached hydrogens (tertiary/aromatic N) is 1. The molecule has 0 unspecified atom stereocenters. The molecule has 7 aromatic rings. The maximum Gasteiger partial charge on any atom is 0.416 e. The number of carbonyl (C=O) groups is 1.